The van der Waals surface area contributed by atoms with Crippen LogP contribution in [0.15, 0.2) is 18.3 Å². The third kappa shape index (κ3) is 2.44. The molecule has 0 saturated carbocycles. The number of anilines is 1. The average Bonchev–Trinajstić information content (AvgIpc) is 2.91. The number of morpholine rings is 1. The summed E-state index contributed by atoms with van der Waals surface area (Å²) in [5.74, 6) is 0.764. The fourth-order valence-corrected chi connectivity index (χ4v) is 2.39. The first-order valence-corrected chi connectivity index (χ1v) is 6.40. The molecule has 1 aliphatic rings. The average molecular weight is 259 g/mol. The van der Waals surface area contributed by atoms with Crippen LogP contribution in [0.2, 0.25) is 0 Å². The lowest BCUT2D eigenvalue weighted by Crippen LogP contribution is -2.41. The van der Waals surface area contributed by atoms with Crippen LogP contribution in [0.3, 0.4) is 0 Å². The molecule has 0 aromatic carbocycles. The Morgan fingerprint density at radius 2 is 2.11 bits per heavy atom. The highest BCUT2D eigenvalue weighted by Crippen LogP contribution is 2.26. The number of aryl methyl sites for hydroxylation is 2. The molecule has 3 heterocycles. The summed E-state index contributed by atoms with van der Waals surface area (Å²) in [5.41, 5.74) is 3.00. The minimum atomic E-state index is 0.0949. The van der Waals surface area contributed by atoms with E-state index in [0.717, 1.165) is 29.6 Å². The zero-order chi connectivity index (χ0) is 13.2. The van der Waals surface area contributed by atoms with Crippen molar-refractivity contribution >= 4 is 5.95 Å². The highest BCUT2D eigenvalue weighted by atomic mass is 16.5. The summed E-state index contributed by atoms with van der Waals surface area (Å²) in [6.45, 7) is 6.08. The van der Waals surface area contributed by atoms with Crippen LogP contribution in [0.1, 0.15) is 23.1 Å². The van der Waals surface area contributed by atoms with E-state index in [0.29, 0.717) is 13.2 Å². The number of aromatic amines is 1. The molecule has 0 aliphatic carbocycles. The molecule has 19 heavy (non-hydrogen) atoms. The first kappa shape index (κ1) is 12.1. The second-order valence-electron chi connectivity index (χ2n) is 4.75. The van der Waals surface area contributed by atoms with Crippen LogP contribution in [0.25, 0.3) is 0 Å². The van der Waals surface area contributed by atoms with E-state index in [1.54, 1.807) is 6.20 Å². The first-order valence-electron chi connectivity index (χ1n) is 6.40. The van der Waals surface area contributed by atoms with Gasteiger partial charge in [0.15, 0.2) is 0 Å². The van der Waals surface area contributed by atoms with E-state index in [-0.39, 0.29) is 6.04 Å². The van der Waals surface area contributed by atoms with Gasteiger partial charge in [-0.3, -0.25) is 5.10 Å². The highest BCUT2D eigenvalue weighted by Gasteiger charge is 2.27. The topological polar surface area (TPSA) is 66.9 Å². The van der Waals surface area contributed by atoms with E-state index in [1.165, 1.54) is 0 Å². The predicted octanol–water partition coefficient (Wildman–Crippen LogP) is 1.39. The van der Waals surface area contributed by atoms with Gasteiger partial charge in [-0.25, -0.2) is 9.97 Å². The number of aromatic nitrogens is 4. The van der Waals surface area contributed by atoms with Crippen LogP contribution in [-0.4, -0.2) is 39.9 Å². The number of nitrogens with zero attached hydrogens (tertiary/aromatic N) is 4. The number of H-pyrrole nitrogens is 1. The largest absolute Gasteiger partial charge is 0.377 e. The number of hydrogen-bond donors (Lipinski definition) is 1. The molecule has 1 aliphatic heterocycles. The zero-order valence-electron chi connectivity index (χ0n) is 11.1. The summed E-state index contributed by atoms with van der Waals surface area (Å²) in [5, 5.41) is 7.02. The third-order valence-electron chi connectivity index (χ3n) is 3.24. The number of hydrogen-bond acceptors (Lipinski definition) is 5. The molecule has 1 N–H and O–H groups in total. The zero-order valence-corrected chi connectivity index (χ0v) is 11.1. The monoisotopic (exact) mass is 259 g/mol. The lowest BCUT2D eigenvalue weighted by molar-refractivity contribution is 0.0920. The highest BCUT2D eigenvalue weighted by molar-refractivity contribution is 5.36. The van der Waals surface area contributed by atoms with Gasteiger partial charge in [0.1, 0.15) is 0 Å². The Hall–Kier alpha value is -1.95. The standard InChI is InChI=1S/C13H17N5O/c1-9-7-10(2)16-13(15-9)18-5-6-19-8-12(18)11-3-4-14-17-11/h3-4,7,12H,5-6,8H2,1-2H3,(H,14,17)/t12-/m1/s1. The summed E-state index contributed by atoms with van der Waals surface area (Å²) < 4.78 is 5.57. The Balaban J connectivity index is 1.96. The van der Waals surface area contributed by atoms with Gasteiger partial charge in [-0.1, -0.05) is 0 Å². The molecular weight excluding hydrogens is 242 g/mol. The summed E-state index contributed by atoms with van der Waals surface area (Å²) >= 11 is 0. The van der Waals surface area contributed by atoms with E-state index in [2.05, 4.69) is 25.1 Å². The van der Waals surface area contributed by atoms with Crippen LogP contribution >= 0.6 is 0 Å². The summed E-state index contributed by atoms with van der Waals surface area (Å²) in [4.78, 5) is 11.3. The molecule has 3 rings (SSSR count). The van der Waals surface area contributed by atoms with Gasteiger partial charge in [0.25, 0.3) is 0 Å². The van der Waals surface area contributed by atoms with E-state index in [9.17, 15) is 0 Å². The lowest BCUT2D eigenvalue weighted by atomic mass is 10.1. The van der Waals surface area contributed by atoms with Crippen molar-refractivity contribution in [1.82, 2.24) is 20.2 Å². The minimum Gasteiger partial charge on any atom is -0.377 e. The van der Waals surface area contributed by atoms with Crippen molar-refractivity contribution in [2.45, 2.75) is 19.9 Å². The summed E-state index contributed by atoms with van der Waals surface area (Å²) in [6.07, 6.45) is 1.75. The molecule has 2 aromatic rings. The van der Waals surface area contributed by atoms with E-state index < -0.39 is 0 Å². The van der Waals surface area contributed by atoms with Crippen molar-refractivity contribution in [3.63, 3.8) is 0 Å². The van der Waals surface area contributed by atoms with Gasteiger partial charge < -0.3 is 9.64 Å². The van der Waals surface area contributed by atoms with Crippen LogP contribution in [-0.2, 0) is 4.74 Å². The van der Waals surface area contributed by atoms with Gasteiger partial charge >= 0.3 is 0 Å². The van der Waals surface area contributed by atoms with E-state index in [4.69, 9.17) is 4.74 Å². The van der Waals surface area contributed by atoms with Crippen molar-refractivity contribution in [1.29, 1.82) is 0 Å². The number of rotatable bonds is 2. The molecule has 6 heteroatoms. The van der Waals surface area contributed by atoms with Gasteiger partial charge in [-0.2, -0.15) is 5.10 Å². The fraction of sp³-hybridized carbons (Fsp3) is 0.462. The van der Waals surface area contributed by atoms with Crippen molar-refractivity contribution in [3.8, 4) is 0 Å². The minimum absolute atomic E-state index is 0.0949. The van der Waals surface area contributed by atoms with Crippen LogP contribution in [0.5, 0.6) is 0 Å². The van der Waals surface area contributed by atoms with Crippen LogP contribution in [0.4, 0.5) is 5.95 Å². The number of ether oxygens (including phenoxy) is 1. The molecule has 1 saturated heterocycles. The predicted molar refractivity (Wildman–Crippen MR) is 71.0 cm³/mol. The molecule has 6 nitrogen and oxygen atoms in total. The van der Waals surface area contributed by atoms with Crippen LogP contribution < -0.4 is 4.90 Å². The number of nitrogens with one attached hydrogen (secondary N) is 1. The second kappa shape index (κ2) is 4.97. The maximum absolute atomic E-state index is 5.57. The molecule has 0 spiro atoms. The van der Waals surface area contributed by atoms with Crippen molar-refractivity contribution < 1.29 is 4.74 Å². The Labute approximate surface area is 111 Å². The Bertz CT molecular complexity index is 534. The van der Waals surface area contributed by atoms with E-state index >= 15 is 0 Å². The second-order valence-corrected chi connectivity index (χ2v) is 4.75. The maximum Gasteiger partial charge on any atom is 0.226 e. The molecule has 0 amide bonds. The molecule has 100 valence electrons. The van der Waals surface area contributed by atoms with Crippen LogP contribution in [0, 0.1) is 13.8 Å². The molecule has 0 radical (unpaired) electrons. The van der Waals surface area contributed by atoms with E-state index in [1.807, 2.05) is 26.0 Å². The molecule has 1 fully saturated rings. The molecule has 2 aromatic heterocycles. The quantitative estimate of drug-likeness (QED) is 0.883. The van der Waals surface area contributed by atoms with Crippen molar-refractivity contribution in [2.75, 3.05) is 24.7 Å². The Kier molecular flexibility index (Phi) is 3.16. The fourth-order valence-electron chi connectivity index (χ4n) is 2.39. The summed E-state index contributed by atoms with van der Waals surface area (Å²) in [7, 11) is 0. The lowest BCUT2D eigenvalue weighted by Gasteiger charge is -2.35. The van der Waals surface area contributed by atoms with Gasteiger partial charge in [-0.05, 0) is 26.0 Å². The Morgan fingerprint density at radius 1 is 1.32 bits per heavy atom. The summed E-state index contributed by atoms with van der Waals surface area (Å²) in [6, 6.07) is 4.04. The SMILES string of the molecule is Cc1cc(C)nc(N2CCOC[C@@H]2c2ccn[nH]2)n1. The van der Waals surface area contributed by atoms with Gasteiger partial charge in [-0.15, -0.1) is 0 Å². The molecule has 0 unspecified atom stereocenters. The molecular formula is C13H17N5O. The van der Waals surface area contributed by atoms with Gasteiger partial charge in [0.05, 0.1) is 24.9 Å². The van der Waals surface area contributed by atoms with Gasteiger partial charge in [0, 0.05) is 24.1 Å². The van der Waals surface area contributed by atoms with Gasteiger partial charge in [0.2, 0.25) is 5.95 Å². The first-order chi connectivity index (χ1) is 9.24. The normalized spacial score (nSPS) is 19.7. The third-order valence-corrected chi connectivity index (χ3v) is 3.24. The van der Waals surface area contributed by atoms with Crippen molar-refractivity contribution in [3.05, 3.63) is 35.4 Å². The molecule has 0 bridgehead atoms. The molecule has 1 atom stereocenters. The maximum atomic E-state index is 5.57. The van der Waals surface area contributed by atoms with Crippen molar-refractivity contribution in [2.24, 2.45) is 0 Å². The smallest absolute Gasteiger partial charge is 0.226 e. The Morgan fingerprint density at radius 3 is 2.79 bits per heavy atom.